The Morgan fingerprint density at radius 2 is 2.16 bits per heavy atom. The Morgan fingerprint density at radius 1 is 1.44 bits per heavy atom. The van der Waals surface area contributed by atoms with Crippen LogP contribution < -0.4 is 10.1 Å². The summed E-state index contributed by atoms with van der Waals surface area (Å²) in [7, 11) is 3.39. The van der Waals surface area contributed by atoms with Gasteiger partial charge in [-0.25, -0.2) is 0 Å². The predicted octanol–water partition coefficient (Wildman–Crippen LogP) is 3.03. The van der Waals surface area contributed by atoms with Crippen LogP contribution in [-0.4, -0.2) is 27.9 Å². The Bertz CT molecular complexity index is 793. The second kappa shape index (κ2) is 7.88. The van der Waals surface area contributed by atoms with Crippen LogP contribution in [0.15, 0.2) is 24.3 Å². The van der Waals surface area contributed by atoms with Gasteiger partial charge in [-0.05, 0) is 44.0 Å². The van der Waals surface area contributed by atoms with Crippen molar-refractivity contribution in [1.82, 2.24) is 15.1 Å². The normalized spacial score (nSPS) is 12.4. The zero-order valence-corrected chi connectivity index (χ0v) is 15.3. The number of benzene rings is 1. The molecule has 0 aliphatic carbocycles. The molecule has 0 radical (unpaired) electrons. The van der Waals surface area contributed by atoms with Gasteiger partial charge in [0.25, 0.3) is 0 Å². The third-order valence-electron chi connectivity index (χ3n) is 4.27. The van der Waals surface area contributed by atoms with Crippen molar-refractivity contribution in [3.63, 3.8) is 0 Å². The first kappa shape index (κ1) is 18.6. The summed E-state index contributed by atoms with van der Waals surface area (Å²) in [6, 6.07) is 4.89. The highest BCUT2D eigenvalue weighted by molar-refractivity contribution is 5.92. The first-order chi connectivity index (χ1) is 11.9. The molecule has 6 nitrogen and oxygen atoms in total. The number of aromatic hydroxyl groups is 1. The van der Waals surface area contributed by atoms with E-state index in [1.54, 1.807) is 24.3 Å². The molecule has 1 amide bonds. The van der Waals surface area contributed by atoms with Gasteiger partial charge in [-0.2, -0.15) is 5.10 Å². The molecule has 0 fully saturated rings. The number of carbonyl (C=O) groups excluding carboxylic acids is 1. The summed E-state index contributed by atoms with van der Waals surface area (Å²) in [4.78, 5) is 12.3. The Labute approximate surface area is 148 Å². The van der Waals surface area contributed by atoms with Crippen molar-refractivity contribution in [2.75, 3.05) is 7.11 Å². The number of methoxy groups -OCH3 is 1. The molecule has 1 heterocycles. The van der Waals surface area contributed by atoms with Crippen LogP contribution in [0.25, 0.3) is 6.08 Å². The van der Waals surface area contributed by atoms with Crippen molar-refractivity contribution in [2.24, 2.45) is 7.05 Å². The number of nitrogens with one attached hydrogen (secondary N) is 1. The number of phenols is 1. The fourth-order valence-corrected chi connectivity index (χ4v) is 2.88. The molecule has 1 aromatic carbocycles. The minimum absolute atomic E-state index is 0.0399. The topological polar surface area (TPSA) is 76.4 Å². The van der Waals surface area contributed by atoms with Gasteiger partial charge >= 0.3 is 0 Å². The molecular formula is C19H25N3O3. The van der Waals surface area contributed by atoms with Crippen LogP contribution in [0.5, 0.6) is 11.5 Å². The fourth-order valence-electron chi connectivity index (χ4n) is 2.88. The van der Waals surface area contributed by atoms with Crippen LogP contribution in [0.1, 0.15) is 41.9 Å². The maximum Gasteiger partial charge on any atom is 0.244 e. The predicted molar refractivity (Wildman–Crippen MR) is 97.5 cm³/mol. The van der Waals surface area contributed by atoms with Crippen LogP contribution in [-0.2, 0) is 11.8 Å². The largest absolute Gasteiger partial charge is 0.504 e. The maximum absolute atomic E-state index is 12.3. The summed E-state index contributed by atoms with van der Waals surface area (Å²) in [6.45, 7) is 5.98. The van der Waals surface area contributed by atoms with Gasteiger partial charge in [0.2, 0.25) is 5.91 Å². The molecule has 0 aliphatic rings. The summed E-state index contributed by atoms with van der Waals surface area (Å²) >= 11 is 0. The van der Waals surface area contributed by atoms with Crippen LogP contribution >= 0.6 is 0 Å². The van der Waals surface area contributed by atoms with Crippen LogP contribution in [0, 0.1) is 13.8 Å². The van der Waals surface area contributed by atoms with E-state index in [4.69, 9.17) is 4.74 Å². The Balaban J connectivity index is 2.11. The van der Waals surface area contributed by atoms with Crippen molar-refractivity contribution in [2.45, 2.75) is 33.2 Å². The highest BCUT2D eigenvalue weighted by atomic mass is 16.5. The second-order valence-corrected chi connectivity index (χ2v) is 5.94. The van der Waals surface area contributed by atoms with E-state index in [2.05, 4.69) is 10.4 Å². The zero-order valence-electron chi connectivity index (χ0n) is 15.3. The number of ether oxygens (including phenoxy) is 1. The molecule has 1 unspecified atom stereocenters. The van der Waals surface area contributed by atoms with E-state index in [0.29, 0.717) is 5.75 Å². The molecule has 1 aromatic heterocycles. The molecule has 2 aromatic rings. The average Bonchev–Trinajstić information content (AvgIpc) is 2.83. The molecular weight excluding hydrogens is 318 g/mol. The van der Waals surface area contributed by atoms with Crippen LogP contribution in [0.2, 0.25) is 0 Å². The number of amides is 1. The van der Waals surface area contributed by atoms with E-state index in [9.17, 15) is 9.90 Å². The summed E-state index contributed by atoms with van der Waals surface area (Å²) in [5.74, 6) is 0.248. The van der Waals surface area contributed by atoms with Crippen molar-refractivity contribution in [1.29, 1.82) is 0 Å². The molecule has 0 saturated heterocycles. The number of nitrogens with zero attached hydrogens (tertiary/aromatic N) is 2. The van der Waals surface area contributed by atoms with E-state index in [1.807, 2.05) is 32.5 Å². The molecule has 0 aliphatic heterocycles. The van der Waals surface area contributed by atoms with E-state index in [-0.39, 0.29) is 17.7 Å². The van der Waals surface area contributed by atoms with Crippen LogP contribution in [0.4, 0.5) is 0 Å². The summed E-state index contributed by atoms with van der Waals surface area (Å²) < 4.78 is 6.83. The van der Waals surface area contributed by atoms with Crippen molar-refractivity contribution < 1.29 is 14.6 Å². The molecule has 0 saturated carbocycles. The lowest BCUT2D eigenvalue weighted by Crippen LogP contribution is -2.27. The Hall–Kier alpha value is -2.76. The van der Waals surface area contributed by atoms with E-state index < -0.39 is 0 Å². The smallest absolute Gasteiger partial charge is 0.244 e. The highest BCUT2D eigenvalue weighted by Gasteiger charge is 2.19. The molecule has 2 N–H and O–H groups in total. The number of phenolic OH excluding ortho intramolecular Hbond substituents is 1. The Morgan fingerprint density at radius 3 is 2.68 bits per heavy atom. The molecule has 2 rings (SSSR count). The molecule has 6 heteroatoms. The molecule has 0 bridgehead atoms. The van der Waals surface area contributed by atoms with Gasteiger partial charge in [-0.15, -0.1) is 0 Å². The minimum Gasteiger partial charge on any atom is -0.504 e. The zero-order chi connectivity index (χ0) is 18.6. The number of carbonyl (C=O) groups is 1. The summed E-state index contributed by atoms with van der Waals surface area (Å²) in [6.07, 6.45) is 3.89. The lowest BCUT2D eigenvalue weighted by molar-refractivity contribution is -0.117. The third kappa shape index (κ3) is 4.21. The number of aromatic nitrogens is 2. The Kier molecular flexibility index (Phi) is 5.85. The second-order valence-electron chi connectivity index (χ2n) is 5.94. The van der Waals surface area contributed by atoms with Crippen molar-refractivity contribution >= 4 is 12.0 Å². The SMILES string of the molecule is CCC(NC(=O)C=Cc1ccc(OC)c(O)c1)c1c(C)nn(C)c1C. The van der Waals surface area contributed by atoms with Crippen molar-refractivity contribution in [3.05, 3.63) is 46.8 Å². The molecule has 0 spiro atoms. The highest BCUT2D eigenvalue weighted by Crippen LogP contribution is 2.27. The van der Waals surface area contributed by atoms with E-state index in [0.717, 1.165) is 28.9 Å². The number of hydrogen-bond donors (Lipinski definition) is 2. The minimum atomic E-state index is -0.190. The van der Waals surface area contributed by atoms with Crippen LogP contribution in [0.3, 0.4) is 0 Å². The van der Waals surface area contributed by atoms with Gasteiger partial charge in [0.15, 0.2) is 11.5 Å². The number of aryl methyl sites for hydroxylation is 2. The van der Waals surface area contributed by atoms with Gasteiger partial charge in [0.05, 0.1) is 18.8 Å². The summed E-state index contributed by atoms with van der Waals surface area (Å²) in [5, 5.41) is 17.2. The number of hydrogen-bond acceptors (Lipinski definition) is 4. The maximum atomic E-state index is 12.3. The fraction of sp³-hybridized carbons (Fsp3) is 0.368. The van der Waals surface area contributed by atoms with E-state index in [1.165, 1.54) is 13.2 Å². The monoisotopic (exact) mass is 343 g/mol. The first-order valence-corrected chi connectivity index (χ1v) is 8.23. The van der Waals surface area contributed by atoms with Gasteiger partial charge in [0.1, 0.15) is 0 Å². The van der Waals surface area contributed by atoms with Gasteiger partial charge in [-0.3, -0.25) is 9.48 Å². The lowest BCUT2D eigenvalue weighted by Gasteiger charge is -2.17. The van der Waals surface area contributed by atoms with Crippen molar-refractivity contribution in [3.8, 4) is 11.5 Å². The molecule has 134 valence electrons. The van der Waals surface area contributed by atoms with Gasteiger partial charge < -0.3 is 15.2 Å². The third-order valence-corrected chi connectivity index (χ3v) is 4.27. The number of rotatable bonds is 6. The van der Waals surface area contributed by atoms with E-state index >= 15 is 0 Å². The standard InChI is InChI=1S/C19H25N3O3/c1-6-15(19-12(2)21-22(4)13(19)3)20-18(24)10-8-14-7-9-17(25-5)16(23)11-14/h7-11,15,23H,6H2,1-5H3,(H,20,24). The van der Waals surface area contributed by atoms with Gasteiger partial charge in [-0.1, -0.05) is 13.0 Å². The van der Waals surface area contributed by atoms with Gasteiger partial charge in [0, 0.05) is 24.4 Å². The molecule has 25 heavy (non-hydrogen) atoms. The molecule has 1 atom stereocenters. The summed E-state index contributed by atoms with van der Waals surface area (Å²) in [5.41, 5.74) is 3.76. The average molecular weight is 343 g/mol. The quantitative estimate of drug-likeness (QED) is 0.791. The first-order valence-electron chi connectivity index (χ1n) is 8.23. The lowest BCUT2D eigenvalue weighted by atomic mass is 10.0.